The van der Waals surface area contributed by atoms with Crippen LogP contribution in [0.5, 0.6) is 0 Å². The summed E-state index contributed by atoms with van der Waals surface area (Å²) in [5, 5.41) is 0. The molecular weight excluding hydrogens is 412 g/mol. The van der Waals surface area contributed by atoms with Crippen molar-refractivity contribution in [2.24, 2.45) is 0 Å². The van der Waals surface area contributed by atoms with E-state index in [0.29, 0.717) is 42.8 Å². The third kappa shape index (κ3) is 4.92. The van der Waals surface area contributed by atoms with Gasteiger partial charge in [0.2, 0.25) is 10.0 Å². The molecule has 1 saturated heterocycles. The van der Waals surface area contributed by atoms with E-state index in [-0.39, 0.29) is 5.91 Å². The predicted octanol–water partition coefficient (Wildman–Crippen LogP) is 2.47. The normalized spacial score (nSPS) is 20.6. The van der Waals surface area contributed by atoms with Crippen LogP contribution in [0, 0.1) is 0 Å². The second-order valence-electron chi connectivity index (χ2n) is 8.48. The number of nitrogens with one attached hydrogen (secondary N) is 2. The molecule has 2 aromatic rings. The second kappa shape index (κ2) is 8.98. The molecule has 2 aliphatic rings. The third-order valence-corrected chi connectivity index (χ3v) is 7.34. The van der Waals surface area contributed by atoms with Crippen LogP contribution in [-0.4, -0.2) is 51.7 Å². The number of carbonyl (C=O) groups excluding carboxylic acids is 1. The number of carbonyl (C=O) groups is 1. The quantitative estimate of drug-likeness (QED) is 0.689. The van der Waals surface area contributed by atoms with Gasteiger partial charge in [0.25, 0.3) is 5.91 Å². The Kier molecular flexibility index (Phi) is 6.31. The van der Waals surface area contributed by atoms with Crippen LogP contribution in [0.1, 0.15) is 46.8 Å². The Morgan fingerprint density at radius 2 is 1.94 bits per heavy atom. The minimum Gasteiger partial charge on any atom is -0.342 e. The van der Waals surface area contributed by atoms with Gasteiger partial charge in [-0.3, -0.25) is 20.0 Å². The van der Waals surface area contributed by atoms with Crippen molar-refractivity contribution in [1.82, 2.24) is 15.8 Å². The van der Waals surface area contributed by atoms with E-state index in [4.69, 9.17) is 0 Å². The summed E-state index contributed by atoms with van der Waals surface area (Å²) in [5.41, 5.74) is 10.3. The van der Waals surface area contributed by atoms with Crippen LogP contribution in [0.4, 0.5) is 5.69 Å². The van der Waals surface area contributed by atoms with Gasteiger partial charge in [0, 0.05) is 37.8 Å². The smallest absolute Gasteiger partial charge is 0.253 e. The number of nitrogens with zero attached hydrogens (tertiary/aromatic N) is 2. The van der Waals surface area contributed by atoms with Crippen molar-refractivity contribution in [1.29, 1.82) is 0 Å². The van der Waals surface area contributed by atoms with Crippen molar-refractivity contribution < 1.29 is 13.2 Å². The molecule has 7 nitrogen and oxygen atoms in total. The van der Waals surface area contributed by atoms with Gasteiger partial charge < -0.3 is 4.90 Å². The van der Waals surface area contributed by atoms with Gasteiger partial charge in [-0.2, -0.15) is 0 Å². The molecule has 4 rings (SSSR count). The molecule has 31 heavy (non-hydrogen) atoms. The zero-order chi connectivity index (χ0) is 22.0. The highest BCUT2D eigenvalue weighted by atomic mass is 32.2. The zero-order valence-corrected chi connectivity index (χ0v) is 18.9. The summed E-state index contributed by atoms with van der Waals surface area (Å²) < 4.78 is 25.2. The van der Waals surface area contributed by atoms with Gasteiger partial charge in [0.1, 0.15) is 0 Å². The largest absolute Gasteiger partial charge is 0.342 e. The summed E-state index contributed by atoms with van der Waals surface area (Å²) in [6.45, 7) is 1.12. The minimum atomic E-state index is -3.28. The van der Waals surface area contributed by atoms with Gasteiger partial charge in [-0.15, -0.1) is 0 Å². The Bertz CT molecular complexity index is 1040. The Morgan fingerprint density at radius 1 is 1.16 bits per heavy atom. The van der Waals surface area contributed by atoms with E-state index in [1.54, 1.807) is 17.0 Å². The topological polar surface area (TPSA) is 81.8 Å². The first-order valence-electron chi connectivity index (χ1n) is 10.7. The van der Waals surface area contributed by atoms with Crippen LogP contribution >= 0.6 is 0 Å². The van der Waals surface area contributed by atoms with Gasteiger partial charge >= 0.3 is 0 Å². The molecule has 2 atom stereocenters. The summed E-state index contributed by atoms with van der Waals surface area (Å²) in [6, 6.07) is 16.5. The van der Waals surface area contributed by atoms with Crippen molar-refractivity contribution >= 4 is 21.6 Å². The summed E-state index contributed by atoms with van der Waals surface area (Å²) in [4.78, 5) is 14.6. The van der Waals surface area contributed by atoms with Crippen molar-refractivity contribution in [3.8, 4) is 0 Å². The second-order valence-corrected chi connectivity index (χ2v) is 10.4. The first-order valence-corrected chi connectivity index (χ1v) is 12.6. The molecule has 0 saturated carbocycles. The number of hydrogen-bond donors (Lipinski definition) is 2. The Labute approximate surface area is 184 Å². The molecule has 1 fully saturated rings. The van der Waals surface area contributed by atoms with Crippen molar-refractivity contribution in [3.05, 3.63) is 65.2 Å². The predicted molar refractivity (Wildman–Crippen MR) is 122 cm³/mol. The number of anilines is 1. The number of hydrogen-bond acceptors (Lipinski definition) is 5. The third-order valence-electron chi connectivity index (χ3n) is 6.16. The van der Waals surface area contributed by atoms with Gasteiger partial charge in [0.15, 0.2) is 0 Å². The minimum absolute atomic E-state index is 0.0275. The maximum Gasteiger partial charge on any atom is 0.253 e. The van der Waals surface area contributed by atoms with E-state index >= 15 is 0 Å². The van der Waals surface area contributed by atoms with E-state index in [0.717, 1.165) is 24.8 Å². The van der Waals surface area contributed by atoms with Gasteiger partial charge in [-0.1, -0.05) is 30.3 Å². The van der Waals surface area contributed by atoms with Crippen LogP contribution < -0.4 is 15.2 Å². The van der Waals surface area contributed by atoms with Crippen LogP contribution in [-0.2, 0) is 16.4 Å². The van der Waals surface area contributed by atoms with E-state index in [1.807, 2.05) is 19.2 Å². The summed E-state index contributed by atoms with van der Waals surface area (Å²) in [6.07, 6.45) is 4.78. The molecular formula is C23H30N4O3S. The number of rotatable bonds is 7. The molecule has 0 aromatic heterocycles. The van der Waals surface area contributed by atoms with Crippen molar-refractivity contribution in [2.45, 2.75) is 37.8 Å². The average molecular weight is 443 g/mol. The number of fused-ring (bicyclic) bond motifs is 1. The van der Waals surface area contributed by atoms with Crippen LogP contribution in [0.25, 0.3) is 0 Å². The van der Waals surface area contributed by atoms with Crippen molar-refractivity contribution in [2.75, 3.05) is 30.7 Å². The van der Waals surface area contributed by atoms with Gasteiger partial charge in [-0.05, 0) is 55.0 Å². The Hall–Kier alpha value is -2.42. The van der Waals surface area contributed by atoms with E-state index in [1.165, 1.54) is 16.1 Å². The average Bonchev–Trinajstić information content (AvgIpc) is 3.40. The number of benzene rings is 2. The molecule has 8 heteroatoms. The maximum atomic E-state index is 12.9. The van der Waals surface area contributed by atoms with E-state index in [2.05, 4.69) is 35.1 Å². The maximum absolute atomic E-state index is 12.9. The lowest BCUT2D eigenvalue weighted by Crippen LogP contribution is -2.32. The van der Waals surface area contributed by atoms with Crippen LogP contribution in [0.2, 0.25) is 0 Å². The molecule has 166 valence electrons. The Balaban J connectivity index is 1.28. The lowest BCUT2D eigenvalue weighted by molar-refractivity contribution is 0.0791. The molecule has 0 aliphatic carbocycles. The van der Waals surface area contributed by atoms with Crippen LogP contribution in [0.15, 0.2) is 48.5 Å². The highest BCUT2D eigenvalue weighted by molar-refractivity contribution is 7.92. The van der Waals surface area contributed by atoms with Gasteiger partial charge in [-0.25, -0.2) is 8.42 Å². The fourth-order valence-corrected chi connectivity index (χ4v) is 5.42. The highest BCUT2D eigenvalue weighted by Gasteiger charge is 2.27. The van der Waals surface area contributed by atoms with E-state index < -0.39 is 10.0 Å². The number of sulfonamides is 1. The molecule has 0 spiro atoms. The zero-order valence-electron chi connectivity index (χ0n) is 18.0. The number of hydrazine groups is 1. The molecule has 0 radical (unpaired) electrons. The SMILES string of the molecule is CN(CCCC1CC(c2ccccc2)NN1)C(=O)c1ccc2c(c1)CCN2S(C)(=O)=O. The molecule has 2 aromatic carbocycles. The first-order chi connectivity index (χ1) is 14.8. The Morgan fingerprint density at radius 3 is 2.68 bits per heavy atom. The molecule has 2 unspecified atom stereocenters. The van der Waals surface area contributed by atoms with Gasteiger partial charge in [0.05, 0.1) is 11.9 Å². The lowest BCUT2D eigenvalue weighted by atomic mass is 10.00. The molecule has 0 bridgehead atoms. The van der Waals surface area contributed by atoms with Crippen LogP contribution in [0.3, 0.4) is 0 Å². The summed E-state index contributed by atoms with van der Waals surface area (Å²) in [5.74, 6) is -0.0275. The molecule has 2 aliphatic heterocycles. The summed E-state index contributed by atoms with van der Waals surface area (Å²) >= 11 is 0. The lowest BCUT2D eigenvalue weighted by Gasteiger charge is -2.20. The highest BCUT2D eigenvalue weighted by Crippen LogP contribution is 2.31. The van der Waals surface area contributed by atoms with E-state index in [9.17, 15) is 13.2 Å². The first kappa shape index (κ1) is 21.8. The standard InChI is InChI=1S/C23H30N4O3S/c1-26(13-6-9-20-16-21(25-24-20)17-7-4-3-5-8-17)23(28)19-10-11-22-18(15-19)12-14-27(22)31(2,29)30/h3-5,7-8,10-11,15,20-21,24-25H,6,9,12-14,16H2,1-2H3. The molecule has 2 N–H and O–H groups in total. The monoisotopic (exact) mass is 442 g/mol. The fraction of sp³-hybridized carbons (Fsp3) is 0.435. The number of amides is 1. The molecule has 1 amide bonds. The van der Waals surface area contributed by atoms with Crippen molar-refractivity contribution in [3.63, 3.8) is 0 Å². The summed E-state index contributed by atoms with van der Waals surface area (Å²) in [7, 11) is -1.46. The molecule has 2 heterocycles. The fourth-order valence-electron chi connectivity index (χ4n) is 4.46.